The summed E-state index contributed by atoms with van der Waals surface area (Å²) >= 11 is 4.89. The van der Waals surface area contributed by atoms with Gasteiger partial charge >= 0.3 is 0 Å². The van der Waals surface area contributed by atoms with Crippen molar-refractivity contribution in [3.8, 4) is 0 Å². The van der Waals surface area contributed by atoms with Crippen LogP contribution in [0.4, 0.5) is 0 Å². The summed E-state index contributed by atoms with van der Waals surface area (Å²) in [4.78, 5) is 14.9. The van der Waals surface area contributed by atoms with Crippen LogP contribution in [-0.4, -0.2) is 28.4 Å². The second kappa shape index (κ2) is 5.48. The Hall–Kier alpha value is -1.42. The molecule has 1 aromatic carbocycles. The van der Waals surface area contributed by atoms with Gasteiger partial charge in [0, 0.05) is 24.6 Å². The monoisotopic (exact) mass is 262 g/mol. The average molecular weight is 262 g/mol. The Bertz CT molecular complexity index is 469. The van der Waals surface area contributed by atoms with Crippen LogP contribution in [0.1, 0.15) is 35.2 Å². The first kappa shape index (κ1) is 13.0. The lowest BCUT2D eigenvalue weighted by atomic mass is 10.1. The number of nitrogens with zero attached hydrogens (tertiary/aromatic N) is 1. The predicted molar refractivity (Wildman–Crippen MR) is 76.6 cm³/mol. The van der Waals surface area contributed by atoms with Gasteiger partial charge in [-0.15, -0.1) is 0 Å². The van der Waals surface area contributed by atoms with Crippen molar-refractivity contribution in [1.82, 2.24) is 4.90 Å². The summed E-state index contributed by atoms with van der Waals surface area (Å²) in [6.07, 6.45) is 2.79. The molecule has 0 saturated heterocycles. The van der Waals surface area contributed by atoms with Crippen molar-refractivity contribution in [2.75, 3.05) is 6.54 Å². The third-order valence-corrected chi connectivity index (χ3v) is 3.43. The summed E-state index contributed by atoms with van der Waals surface area (Å²) in [5.74, 6) is 0.104. The molecule has 0 bridgehead atoms. The van der Waals surface area contributed by atoms with Crippen LogP contribution in [0.3, 0.4) is 0 Å². The number of nitrogens with two attached hydrogens (primary N) is 1. The van der Waals surface area contributed by atoms with E-state index in [1.54, 1.807) is 0 Å². The number of rotatable bonds is 5. The van der Waals surface area contributed by atoms with Crippen LogP contribution in [0.15, 0.2) is 24.3 Å². The number of thiocarbonyl (C=S) groups is 1. The van der Waals surface area contributed by atoms with Gasteiger partial charge in [-0.25, -0.2) is 0 Å². The van der Waals surface area contributed by atoms with Gasteiger partial charge in [-0.3, -0.25) is 4.79 Å². The first-order chi connectivity index (χ1) is 8.59. The lowest BCUT2D eigenvalue weighted by Gasteiger charge is -2.23. The molecule has 3 nitrogen and oxygen atoms in total. The van der Waals surface area contributed by atoms with E-state index < -0.39 is 0 Å². The van der Waals surface area contributed by atoms with E-state index in [2.05, 4.69) is 0 Å². The van der Waals surface area contributed by atoms with Gasteiger partial charge in [0.05, 0.1) is 4.99 Å². The Morgan fingerprint density at radius 2 is 2.11 bits per heavy atom. The van der Waals surface area contributed by atoms with Crippen molar-refractivity contribution in [3.63, 3.8) is 0 Å². The zero-order chi connectivity index (χ0) is 13.1. The first-order valence-electron chi connectivity index (χ1n) is 6.24. The summed E-state index contributed by atoms with van der Waals surface area (Å²) < 4.78 is 0. The molecule has 1 aliphatic rings. The fourth-order valence-electron chi connectivity index (χ4n) is 2.03. The van der Waals surface area contributed by atoms with E-state index in [0.717, 1.165) is 24.0 Å². The molecule has 0 heterocycles. The highest BCUT2D eigenvalue weighted by atomic mass is 32.1. The Balaban J connectivity index is 2.13. The van der Waals surface area contributed by atoms with Crippen molar-refractivity contribution >= 4 is 23.1 Å². The third-order valence-electron chi connectivity index (χ3n) is 3.22. The zero-order valence-corrected chi connectivity index (χ0v) is 11.4. The first-order valence-corrected chi connectivity index (χ1v) is 6.65. The summed E-state index contributed by atoms with van der Waals surface area (Å²) in [6, 6.07) is 8.08. The zero-order valence-electron chi connectivity index (χ0n) is 10.6. The number of aryl methyl sites for hydroxylation is 1. The van der Waals surface area contributed by atoms with E-state index in [-0.39, 0.29) is 5.91 Å². The van der Waals surface area contributed by atoms with Gasteiger partial charge in [0.15, 0.2) is 0 Å². The molecule has 0 aromatic heterocycles. The molecule has 0 unspecified atom stereocenters. The highest BCUT2D eigenvalue weighted by Crippen LogP contribution is 2.28. The van der Waals surface area contributed by atoms with Gasteiger partial charge in [-0.2, -0.15) is 0 Å². The number of benzene rings is 1. The molecule has 1 saturated carbocycles. The quantitative estimate of drug-likeness (QED) is 0.828. The Morgan fingerprint density at radius 1 is 1.44 bits per heavy atom. The maximum absolute atomic E-state index is 12.5. The SMILES string of the molecule is Cc1ccccc1C(=O)N(CCC(N)=S)C1CC1. The largest absolute Gasteiger partial charge is 0.393 e. The molecule has 96 valence electrons. The van der Waals surface area contributed by atoms with Crippen LogP contribution in [0, 0.1) is 6.92 Å². The molecular weight excluding hydrogens is 244 g/mol. The normalized spacial score (nSPS) is 14.3. The highest BCUT2D eigenvalue weighted by Gasteiger charge is 2.33. The highest BCUT2D eigenvalue weighted by molar-refractivity contribution is 7.80. The van der Waals surface area contributed by atoms with Crippen molar-refractivity contribution in [3.05, 3.63) is 35.4 Å². The molecule has 2 rings (SSSR count). The van der Waals surface area contributed by atoms with E-state index in [4.69, 9.17) is 18.0 Å². The van der Waals surface area contributed by atoms with Crippen LogP contribution in [0.25, 0.3) is 0 Å². The van der Waals surface area contributed by atoms with Gasteiger partial charge in [-0.05, 0) is 31.4 Å². The van der Waals surface area contributed by atoms with Crippen molar-refractivity contribution in [1.29, 1.82) is 0 Å². The number of carbonyl (C=O) groups is 1. The molecule has 18 heavy (non-hydrogen) atoms. The van der Waals surface area contributed by atoms with Crippen molar-refractivity contribution in [2.45, 2.75) is 32.2 Å². The van der Waals surface area contributed by atoms with Crippen molar-refractivity contribution in [2.24, 2.45) is 5.73 Å². The summed E-state index contributed by atoms with van der Waals surface area (Å²) in [6.45, 7) is 2.60. The van der Waals surface area contributed by atoms with Gasteiger partial charge in [0.25, 0.3) is 5.91 Å². The maximum atomic E-state index is 12.5. The van der Waals surface area contributed by atoms with Gasteiger partial charge in [0.2, 0.25) is 0 Å². The number of carbonyl (C=O) groups excluding carboxylic acids is 1. The van der Waals surface area contributed by atoms with E-state index in [1.165, 1.54) is 0 Å². The van der Waals surface area contributed by atoms with Crippen LogP contribution in [-0.2, 0) is 0 Å². The molecule has 0 radical (unpaired) electrons. The van der Waals surface area contributed by atoms with Crippen LogP contribution in [0.2, 0.25) is 0 Å². The molecule has 1 aromatic rings. The van der Waals surface area contributed by atoms with E-state index in [9.17, 15) is 4.79 Å². The number of amides is 1. The lowest BCUT2D eigenvalue weighted by molar-refractivity contribution is 0.0747. The molecular formula is C14H18N2OS. The average Bonchev–Trinajstić information content (AvgIpc) is 3.13. The standard InChI is InChI=1S/C14H18N2OS/c1-10-4-2-3-5-12(10)14(17)16(11-6-7-11)9-8-13(15)18/h2-5,11H,6-9H2,1H3,(H2,15,18). The molecule has 2 N–H and O–H groups in total. The fraction of sp³-hybridized carbons (Fsp3) is 0.429. The molecule has 0 atom stereocenters. The molecule has 4 heteroatoms. The third kappa shape index (κ3) is 3.07. The van der Waals surface area contributed by atoms with Crippen LogP contribution in [0.5, 0.6) is 0 Å². The van der Waals surface area contributed by atoms with Crippen molar-refractivity contribution < 1.29 is 4.79 Å². The minimum absolute atomic E-state index is 0.104. The van der Waals surface area contributed by atoms with E-state index in [0.29, 0.717) is 24.0 Å². The summed E-state index contributed by atoms with van der Waals surface area (Å²) in [7, 11) is 0. The molecule has 0 aliphatic heterocycles. The topological polar surface area (TPSA) is 46.3 Å². The molecule has 1 fully saturated rings. The van der Waals surface area contributed by atoms with E-state index >= 15 is 0 Å². The number of hydrogen-bond acceptors (Lipinski definition) is 2. The Morgan fingerprint density at radius 3 is 2.67 bits per heavy atom. The summed E-state index contributed by atoms with van der Waals surface area (Å²) in [5.41, 5.74) is 7.33. The van der Waals surface area contributed by atoms with Crippen LogP contribution >= 0.6 is 12.2 Å². The summed E-state index contributed by atoms with van der Waals surface area (Å²) in [5, 5.41) is 0. The van der Waals surface area contributed by atoms with E-state index in [1.807, 2.05) is 36.1 Å². The maximum Gasteiger partial charge on any atom is 0.254 e. The Kier molecular flexibility index (Phi) is 3.97. The molecule has 1 amide bonds. The smallest absolute Gasteiger partial charge is 0.254 e. The van der Waals surface area contributed by atoms with Gasteiger partial charge in [-0.1, -0.05) is 30.4 Å². The minimum atomic E-state index is 0.104. The molecule has 0 spiro atoms. The second-order valence-electron chi connectivity index (χ2n) is 4.76. The molecule has 1 aliphatic carbocycles. The lowest BCUT2D eigenvalue weighted by Crippen LogP contribution is -2.36. The Labute approximate surface area is 113 Å². The van der Waals surface area contributed by atoms with Crippen LogP contribution < -0.4 is 5.73 Å². The minimum Gasteiger partial charge on any atom is -0.393 e. The number of hydrogen-bond donors (Lipinski definition) is 1. The predicted octanol–water partition coefficient (Wildman–Crippen LogP) is 2.28. The van der Waals surface area contributed by atoms with Gasteiger partial charge < -0.3 is 10.6 Å². The van der Waals surface area contributed by atoms with Gasteiger partial charge in [0.1, 0.15) is 0 Å². The fourth-order valence-corrected chi connectivity index (χ4v) is 2.13. The second-order valence-corrected chi connectivity index (χ2v) is 5.29.